The summed E-state index contributed by atoms with van der Waals surface area (Å²) in [5.74, 6) is -0.509. The first-order valence-corrected chi connectivity index (χ1v) is 12.0. The van der Waals surface area contributed by atoms with Gasteiger partial charge in [0.1, 0.15) is 0 Å². The molecule has 4 amide bonds. The fourth-order valence-corrected chi connectivity index (χ4v) is 4.94. The van der Waals surface area contributed by atoms with Crippen LogP contribution in [0.25, 0.3) is 0 Å². The van der Waals surface area contributed by atoms with Gasteiger partial charge in [0.05, 0.1) is 24.7 Å². The summed E-state index contributed by atoms with van der Waals surface area (Å²) in [5.41, 5.74) is 2.47. The van der Waals surface area contributed by atoms with Crippen LogP contribution in [-0.4, -0.2) is 61.8 Å². The van der Waals surface area contributed by atoms with Crippen molar-refractivity contribution in [2.75, 3.05) is 20.8 Å². The maximum Gasteiger partial charge on any atom is 0.324 e. The molecule has 2 aromatic carbocycles. The second kappa shape index (κ2) is 11.0. The van der Waals surface area contributed by atoms with Crippen molar-refractivity contribution >= 4 is 17.8 Å². The molecule has 4 rings (SSSR count). The number of urea groups is 1. The van der Waals surface area contributed by atoms with E-state index < -0.39 is 6.03 Å². The highest BCUT2D eigenvalue weighted by atomic mass is 16.5. The first-order chi connectivity index (χ1) is 16.9. The maximum absolute atomic E-state index is 13.2. The normalized spacial score (nSPS) is 24.9. The van der Waals surface area contributed by atoms with Gasteiger partial charge >= 0.3 is 6.03 Å². The Bertz CT molecular complexity index is 1040. The number of imide groups is 1. The monoisotopic (exact) mass is 479 g/mol. The summed E-state index contributed by atoms with van der Waals surface area (Å²) in [4.78, 5) is 39.7. The average Bonchev–Trinajstić information content (AvgIpc) is 2.89. The van der Waals surface area contributed by atoms with E-state index in [0.717, 1.165) is 5.56 Å². The van der Waals surface area contributed by atoms with Crippen molar-refractivity contribution in [2.45, 2.75) is 50.5 Å². The highest BCUT2D eigenvalue weighted by Crippen LogP contribution is 2.33. The highest BCUT2D eigenvalue weighted by Gasteiger charge is 2.47. The minimum Gasteiger partial charge on any atom is -0.379 e. The van der Waals surface area contributed by atoms with Gasteiger partial charge in [-0.15, -0.1) is 0 Å². The quantitative estimate of drug-likeness (QED) is 0.607. The Morgan fingerprint density at radius 1 is 1.03 bits per heavy atom. The van der Waals surface area contributed by atoms with Crippen molar-refractivity contribution < 1.29 is 23.9 Å². The third kappa shape index (κ3) is 5.55. The third-order valence-electron chi connectivity index (χ3n) is 7.11. The molecule has 35 heavy (non-hydrogen) atoms. The fourth-order valence-electron chi connectivity index (χ4n) is 4.94. The second-order valence-corrected chi connectivity index (χ2v) is 9.33. The highest BCUT2D eigenvalue weighted by molar-refractivity contribution is 5.99. The minimum absolute atomic E-state index is 0.145. The molecular formula is C27H33N3O5. The number of amides is 4. The van der Waals surface area contributed by atoms with Crippen LogP contribution in [0, 0.1) is 5.92 Å². The SMILES string of the molecule is COC1CC2NC(=O)N(Cc3ccc(C(=O)NCC(C)c4ccccc4)cc3)C(=O)C2CC1OC. The third-order valence-corrected chi connectivity index (χ3v) is 7.11. The molecule has 2 N–H and O–H groups in total. The molecule has 2 aromatic rings. The van der Waals surface area contributed by atoms with Crippen LogP contribution in [0.15, 0.2) is 54.6 Å². The Morgan fingerprint density at radius 2 is 1.69 bits per heavy atom. The number of carbonyl (C=O) groups excluding carboxylic acids is 3. The van der Waals surface area contributed by atoms with Crippen LogP contribution >= 0.6 is 0 Å². The Labute approximate surface area is 206 Å². The van der Waals surface area contributed by atoms with Crippen molar-refractivity contribution in [1.82, 2.24) is 15.5 Å². The molecule has 5 unspecified atom stereocenters. The summed E-state index contributed by atoms with van der Waals surface area (Å²) in [7, 11) is 3.23. The molecular weight excluding hydrogens is 446 g/mol. The van der Waals surface area contributed by atoms with E-state index in [2.05, 4.69) is 17.6 Å². The van der Waals surface area contributed by atoms with Crippen molar-refractivity contribution in [3.63, 3.8) is 0 Å². The second-order valence-electron chi connectivity index (χ2n) is 9.33. The van der Waals surface area contributed by atoms with Crippen molar-refractivity contribution in [1.29, 1.82) is 0 Å². The fraction of sp³-hybridized carbons (Fsp3) is 0.444. The predicted molar refractivity (Wildman–Crippen MR) is 131 cm³/mol. The molecule has 0 radical (unpaired) electrons. The number of nitrogens with zero attached hydrogens (tertiary/aromatic N) is 1. The molecule has 1 heterocycles. The molecule has 8 heteroatoms. The lowest BCUT2D eigenvalue weighted by Crippen LogP contribution is -2.63. The number of ether oxygens (including phenoxy) is 2. The molecule has 0 bridgehead atoms. The van der Waals surface area contributed by atoms with E-state index in [1.54, 1.807) is 38.5 Å². The van der Waals surface area contributed by atoms with Gasteiger partial charge in [-0.2, -0.15) is 0 Å². The zero-order valence-corrected chi connectivity index (χ0v) is 20.4. The number of methoxy groups -OCH3 is 2. The number of rotatable bonds is 8. The van der Waals surface area contributed by atoms with Gasteiger partial charge in [-0.1, -0.05) is 49.4 Å². The van der Waals surface area contributed by atoms with Crippen LogP contribution in [0.2, 0.25) is 0 Å². The van der Waals surface area contributed by atoms with E-state index in [-0.39, 0.29) is 48.4 Å². The molecule has 1 saturated heterocycles. The van der Waals surface area contributed by atoms with Crippen molar-refractivity contribution in [3.8, 4) is 0 Å². The Balaban J connectivity index is 1.35. The maximum atomic E-state index is 13.2. The molecule has 5 atom stereocenters. The van der Waals surface area contributed by atoms with Crippen LogP contribution in [-0.2, 0) is 20.8 Å². The first-order valence-electron chi connectivity index (χ1n) is 12.0. The molecule has 2 fully saturated rings. The first kappa shape index (κ1) is 24.9. The smallest absolute Gasteiger partial charge is 0.324 e. The number of hydrogen-bond donors (Lipinski definition) is 2. The number of benzene rings is 2. The molecule has 0 aromatic heterocycles. The van der Waals surface area contributed by atoms with E-state index in [1.807, 2.05) is 30.3 Å². The van der Waals surface area contributed by atoms with E-state index in [1.165, 1.54) is 10.5 Å². The summed E-state index contributed by atoms with van der Waals surface area (Å²) in [6.07, 6.45) is 0.688. The predicted octanol–water partition coefficient (Wildman–Crippen LogP) is 3.08. The van der Waals surface area contributed by atoms with Gasteiger partial charge in [0.2, 0.25) is 5.91 Å². The van der Waals surface area contributed by atoms with Gasteiger partial charge in [0.15, 0.2) is 0 Å². The summed E-state index contributed by atoms with van der Waals surface area (Å²) in [6.45, 7) is 2.74. The van der Waals surface area contributed by atoms with E-state index in [4.69, 9.17) is 9.47 Å². The average molecular weight is 480 g/mol. The lowest BCUT2D eigenvalue weighted by atomic mass is 9.79. The van der Waals surface area contributed by atoms with Gasteiger partial charge in [-0.05, 0) is 42.0 Å². The van der Waals surface area contributed by atoms with E-state index >= 15 is 0 Å². The summed E-state index contributed by atoms with van der Waals surface area (Å²) in [6, 6.07) is 16.4. The number of hydrogen-bond acceptors (Lipinski definition) is 5. The molecule has 1 aliphatic carbocycles. The number of nitrogens with one attached hydrogen (secondary N) is 2. The van der Waals surface area contributed by atoms with Crippen LogP contribution in [0.3, 0.4) is 0 Å². The molecule has 2 aliphatic rings. The van der Waals surface area contributed by atoms with Gasteiger partial charge in [0.25, 0.3) is 5.91 Å². The van der Waals surface area contributed by atoms with E-state index in [0.29, 0.717) is 24.9 Å². The zero-order valence-electron chi connectivity index (χ0n) is 20.4. The van der Waals surface area contributed by atoms with Crippen LogP contribution in [0.4, 0.5) is 4.79 Å². The van der Waals surface area contributed by atoms with Crippen LogP contribution in [0.1, 0.15) is 47.2 Å². The van der Waals surface area contributed by atoms with Crippen LogP contribution < -0.4 is 10.6 Å². The summed E-state index contributed by atoms with van der Waals surface area (Å²) >= 11 is 0. The zero-order chi connectivity index (χ0) is 24.9. The molecule has 1 saturated carbocycles. The Hall–Kier alpha value is -3.23. The topological polar surface area (TPSA) is 97.0 Å². The largest absolute Gasteiger partial charge is 0.379 e. The lowest BCUT2D eigenvalue weighted by Gasteiger charge is -2.44. The number of fused-ring (bicyclic) bond motifs is 1. The number of carbonyl (C=O) groups is 3. The molecule has 0 spiro atoms. The standard InChI is InChI=1S/C27H33N3O5/c1-17(19-7-5-4-6-8-19)15-28-25(31)20-11-9-18(10-12-20)16-30-26(32)21-13-23(34-2)24(35-3)14-22(21)29-27(30)33/h4-12,17,21-24H,13-16H2,1-3H3,(H,28,31)(H,29,33). The van der Waals surface area contributed by atoms with Gasteiger partial charge in [-0.3, -0.25) is 14.5 Å². The van der Waals surface area contributed by atoms with Crippen molar-refractivity contribution in [3.05, 3.63) is 71.3 Å². The van der Waals surface area contributed by atoms with Crippen LogP contribution in [0.5, 0.6) is 0 Å². The Kier molecular flexibility index (Phi) is 7.83. The van der Waals surface area contributed by atoms with Gasteiger partial charge in [0, 0.05) is 32.4 Å². The summed E-state index contributed by atoms with van der Waals surface area (Å²) in [5, 5.41) is 5.94. The van der Waals surface area contributed by atoms with Crippen molar-refractivity contribution in [2.24, 2.45) is 5.92 Å². The van der Waals surface area contributed by atoms with Gasteiger partial charge < -0.3 is 20.1 Å². The molecule has 1 aliphatic heterocycles. The minimum atomic E-state index is -0.404. The lowest BCUT2D eigenvalue weighted by molar-refractivity contribution is -0.144. The summed E-state index contributed by atoms with van der Waals surface area (Å²) < 4.78 is 11.0. The molecule has 186 valence electrons. The Morgan fingerprint density at radius 3 is 2.34 bits per heavy atom. The molecule has 8 nitrogen and oxygen atoms in total. The van der Waals surface area contributed by atoms with Gasteiger partial charge in [-0.25, -0.2) is 4.79 Å². The van der Waals surface area contributed by atoms with E-state index in [9.17, 15) is 14.4 Å².